The van der Waals surface area contributed by atoms with Crippen LogP contribution in [0.4, 0.5) is 0 Å². The Morgan fingerprint density at radius 3 is 2.57 bits per heavy atom. The molecule has 1 atom stereocenters. The van der Waals surface area contributed by atoms with E-state index in [1.54, 1.807) is 48.8 Å². The Kier molecular flexibility index (Phi) is 4.70. The Balaban J connectivity index is 2.54. The molecule has 1 N–H and O–H groups in total. The summed E-state index contributed by atoms with van der Waals surface area (Å²) in [5, 5.41) is 12.1. The number of rotatable bonds is 6. The number of carboxylic acid groups (broad SMARTS) is 1. The van der Waals surface area contributed by atoms with Crippen LogP contribution in [0.15, 0.2) is 41.9 Å². The molecular weight excluding hydrogens is 290 g/mol. The molecule has 0 saturated heterocycles. The average molecular weight is 305 g/mol. The molecule has 21 heavy (non-hydrogen) atoms. The minimum absolute atomic E-state index is 0.0250. The first-order chi connectivity index (χ1) is 10.1. The van der Waals surface area contributed by atoms with Gasteiger partial charge in [0.25, 0.3) is 0 Å². The van der Waals surface area contributed by atoms with Crippen molar-refractivity contribution in [1.29, 1.82) is 0 Å². The molecule has 0 aliphatic heterocycles. The van der Waals surface area contributed by atoms with E-state index in [9.17, 15) is 14.7 Å². The van der Waals surface area contributed by atoms with Gasteiger partial charge in [-0.3, -0.25) is 9.59 Å². The van der Waals surface area contributed by atoms with Crippen LogP contribution in [-0.2, 0) is 26.2 Å². The van der Waals surface area contributed by atoms with E-state index < -0.39 is 17.4 Å². The van der Waals surface area contributed by atoms with Crippen LogP contribution in [-0.4, -0.2) is 28.6 Å². The Labute approximate surface area is 126 Å². The van der Waals surface area contributed by atoms with Crippen molar-refractivity contribution in [3.8, 4) is 0 Å². The fourth-order valence-electron chi connectivity index (χ4n) is 2.12. The molecule has 0 saturated carbocycles. The third-order valence-electron chi connectivity index (χ3n) is 3.16. The smallest absolute Gasteiger partial charge is 0.328 e. The van der Waals surface area contributed by atoms with Crippen LogP contribution < -0.4 is 0 Å². The summed E-state index contributed by atoms with van der Waals surface area (Å²) in [6, 6.07) is 8.42. The minimum atomic E-state index is -1.77. The first-order valence-corrected chi connectivity index (χ1v) is 7.33. The largest absolute Gasteiger partial charge is 0.480 e. The third-order valence-corrected chi connectivity index (χ3v) is 3.94. The molecule has 110 valence electrons. The lowest BCUT2D eigenvalue weighted by atomic mass is 9.77. The van der Waals surface area contributed by atoms with Gasteiger partial charge < -0.3 is 9.84 Å². The summed E-state index contributed by atoms with van der Waals surface area (Å²) >= 11 is 1.32. The van der Waals surface area contributed by atoms with Gasteiger partial charge in [0.1, 0.15) is 0 Å². The van der Waals surface area contributed by atoms with Gasteiger partial charge in [-0.25, -0.2) is 4.98 Å². The average Bonchev–Trinajstić information content (AvgIpc) is 2.98. The van der Waals surface area contributed by atoms with Crippen LogP contribution in [0.1, 0.15) is 17.5 Å². The number of hydrogen-bond donors (Lipinski definition) is 1. The number of aromatic nitrogens is 1. The molecular formula is C15H15NO4S. The predicted molar refractivity (Wildman–Crippen MR) is 78.2 cm³/mol. The SMILES string of the molecule is CCOC(=O)C(Cc1nccs1)(C(=O)O)c1ccccc1. The summed E-state index contributed by atoms with van der Waals surface area (Å²) in [7, 11) is 0. The molecule has 0 amide bonds. The van der Waals surface area contributed by atoms with Gasteiger partial charge in [0.05, 0.1) is 11.6 Å². The highest BCUT2D eigenvalue weighted by Crippen LogP contribution is 2.31. The zero-order chi connectivity index (χ0) is 15.3. The second-order valence-corrected chi connectivity index (χ2v) is 5.38. The zero-order valence-electron chi connectivity index (χ0n) is 11.5. The second kappa shape index (κ2) is 6.49. The first kappa shape index (κ1) is 15.2. The molecule has 0 bridgehead atoms. The van der Waals surface area contributed by atoms with Crippen LogP contribution >= 0.6 is 11.3 Å². The van der Waals surface area contributed by atoms with Crippen molar-refractivity contribution in [2.24, 2.45) is 0 Å². The molecule has 2 aromatic rings. The second-order valence-electron chi connectivity index (χ2n) is 4.40. The van der Waals surface area contributed by atoms with E-state index in [-0.39, 0.29) is 13.0 Å². The lowest BCUT2D eigenvalue weighted by Crippen LogP contribution is -2.47. The molecule has 5 nitrogen and oxygen atoms in total. The molecule has 6 heteroatoms. The summed E-state index contributed by atoms with van der Waals surface area (Å²) in [6.45, 7) is 1.78. The summed E-state index contributed by atoms with van der Waals surface area (Å²) in [5.74, 6) is -2.00. The van der Waals surface area contributed by atoms with Crippen LogP contribution in [0.5, 0.6) is 0 Å². The van der Waals surface area contributed by atoms with Gasteiger partial charge in [-0.15, -0.1) is 11.3 Å². The van der Waals surface area contributed by atoms with Gasteiger partial charge in [0.15, 0.2) is 5.41 Å². The van der Waals surface area contributed by atoms with Crippen LogP contribution in [0, 0.1) is 0 Å². The monoisotopic (exact) mass is 305 g/mol. The fraction of sp³-hybridized carbons (Fsp3) is 0.267. The number of hydrogen-bond acceptors (Lipinski definition) is 5. The molecule has 2 rings (SSSR count). The van der Waals surface area contributed by atoms with Crippen LogP contribution in [0.25, 0.3) is 0 Å². The van der Waals surface area contributed by atoms with Gasteiger partial charge in [0.2, 0.25) is 0 Å². The quantitative estimate of drug-likeness (QED) is 0.654. The Hall–Kier alpha value is -2.21. The van der Waals surface area contributed by atoms with Crippen molar-refractivity contribution < 1.29 is 19.4 Å². The summed E-state index contributed by atoms with van der Waals surface area (Å²) < 4.78 is 5.03. The highest BCUT2D eigenvalue weighted by Gasteiger charge is 2.50. The summed E-state index contributed by atoms with van der Waals surface area (Å²) in [5.41, 5.74) is -1.37. The minimum Gasteiger partial charge on any atom is -0.480 e. The van der Waals surface area contributed by atoms with Crippen molar-refractivity contribution in [3.05, 3.63) is 52.5 Å². The van der Waals surface area contributed by atoms with Gasteiger partial charge in [-0.05, 0) is 12.5 Å². The molecule has 1 unspecified atom stereocenters. The lowest BCUT2D eigenvalue weighted by molar-refractivity contribution is -0.161. The van der Waals surface area contributed by atoms with Crippen molar-refractivity contribution in [2.75, 3.05) is 6.61 Å². The summed E-state index contributed by atoms with van der Waals surface area (Å²) in [6.07, 6.45) is 1.56. The number of thiazole rings is 1. The Morgan fingerprint density at radius 2 is 2.05 bits per heavy atom. The van der Waals surface area contributed by atoms with E-state index in [1.165, 1.54) is 11.3 Å². The van der Waals surface area contributed by atoms with Crippen LogP contribution in [0.3, 0.4) is 0 Å². The van der Waals surface area contributed by atoms with E-state index in [4.69, 9.17) is 4.74 Å². The molecule has 0 radical (unpaired) electrons. The standard InChI is InChI=1S/C15H15NO4S/c1-2-20-14(19)15(13(17)18,10-12-16-8-9-21-12)11-6-4-3-5-7-11/h3-9H,2,10H2,1H3,(H,17,18). The van der Waals surface area contributed by atoms with Gasteiger partial charge in [-0.1, -0.05) is 30.3 Å². The van der Waals surface area contributed by atoms with Gasteiger partial charge in [-0.2, -0.15) is 0 Å². The van der Waals surface area contributed by atoms with Crippen molar-refractivity contribution in [2.45, 2.75) is 18.8 Å². The van der Waals surface area contributed by atoms with Crippen LogP contribution in [0.2, 0.25) is 0 Å². The fourth-order valence-corrected chi connectivity index (χ4v) is 2.82. The normalized spacial score (nSPS) is 13.4. The van der Waals surface area contributed by atoms with Crippen molar-refractivity contribution in [1.82, 2.24) is 4.98 Å². The number of esters is 1. The Bertz CT molecular complexity index is 612. The van der Waals surface area contributed by atoms with E-state index in [1.807, 2.05) is 0 Å². The number of benzene rings is 1. The van der Waals surface area contributed by atoms with E-state index in [0.29, 0.717) is 10.6 Å². The predicted octanol–water partition coefficient (Wildman–Crippen LogP) is 2.27. The highest BCUT2D eigenvalue weighted by molar-refractivity contribution is 7.09. The number of ether oxygens (including phenoxy) is 1. The maximum atomic E-state index is 12.4. The van der Waals surface area contributed by atoms with Gasteiger partial charge in [0, 0.05) is 18.0 Å². The molecule has 1 heterocycles. The maximum absolute atomic E-state index is 12.4. The van der Waals surface area contributed by atoms with Gasteiger partial charge >= 0.3 is 11.9 Å². The molecule has 1 aromatic carbocycles. The number of nitrogens with zero attached hydrogens (tertiary/aromatic N) is 1. The van der Waals surface area contributed by atoms with E-state index in [0.717, 1.165) is 0 Å². The van der Waals surface area contributed by atoms with E-state index in [2.05, 4.69) is 4.98 Å². The first-order valence-electron chi connectivity index (χ1n) is 6.45. The molecule has 0 fully saturated rings. The molecule has 0 aliphatic carbocycles. The topological polar surface area (TPSA) is 76.5 Å². The summed E-state index contributed by atoms with van der Waals surface area (Å²) in [4.78, 5) is 28.4. The molecule has 0 aliphatic rings. The number of carbonyl (C=O) groups excluding carboxylic acids is 1. The lowest BCUT2D eigenvalue weighted by Gasteiger charge is -2.26. The maximum Gasteiger partial charge on any atom is 0.328 e. The third kappa shape index (κ3) is 2.95. The Morgan fingerprint density at radius 1 is 1.33 bits per heavy atom. The highest BCUT2D eigenvalue weighted by atomic mass is 32.1. The van der Waals surface area contributed by atoms with Crippen molar-refractivity contribution >= 4 is 23.3 Å². The number of aliphatic carboxylic acids is 1. The number of carbonyl (C=O) groups is 2. The zero-order valence-corrected chi connectivity index (χ0v) is 12.3. The number of carboxylic acids is 1. The van der Waals surface area contributed by atoms with Crippen molar-refractivity contribution in [3.63, 3.8) is 0 Å². The molecule has 0 spiro atoms. The molecule has 1 aromatic heterocycles. The van der Waals surface area contributed by atoms with E-state index >= 15 is 0 Å².